The van der Waals surface area contributed by atoms with Crippen molar-refractivity contribution in [2.45, 2.75) is 44.6 Å². The Morgan fingerprint density at radius 1 is 1.26 bits per heavy atom. The molecule has 110 valence electrons. The molecule has 0 aromatic heterocycles. The third-order valence-corrected chi connectivity index (χ3v) is 3.48. The lowest BCUT2D eigenvalue weighted by Crippen LogP contribution is -2.49. The van der Waals surface area contributed by atoms with Crippen molar-refractivity contribution in [3.8, 4) is 0 Å². The average molecular weight is 272 g/mol. The van der Waals surface area contributed by atoms with Gasteiger partial charge in [0.15, 0.2) is 0 Å². The van der Waals surface area contributed by atoms with Crippen LogP contribution in [0.2, 0.25) is 0 Å². The number of aliphatic carboxylic acids is 1. The minimum Gasteiger partial charge on any atom is -0.480 e. The van der Waals surface area contributed by atoms with Gasteiger partial charge in [0.2, 0.25) is 0 Å². The fourth-order valence-electron chi connectivity index (χ4n) is 2.62. The second kappa shape index (κ2) is 6.75. The van der Waals surface area contributed by atoms with Crippen molar-refractivity contribution >= 4 is 12.0 Å². The van der Waals surface area contributed by atoms with Crippen LogP contribution in [0.3, 0.4) is 0 Å². The molecule has 0 aromatic carbocycles. The summed E-state index contributed by atoms with van der Waals surface area (Å²) in [6, 6.07) is -0.329. The Kier molecular flexibility index (Phi) is 5.60. The van der Waals surface area contributed by atoms with Crippen LogP contribution >= 0.6 is 0 Å². The molecule has 0 bridgehead atoms. The number of aliphatic hydroxyl groups is 1. The van der Waals surface area contributed by atoms with Gasteiger partial charge in [-0.1, -0.05) is 19.8 Å². The molecular weight excluding hydrogens is 248 g/mol. The zero-order chi connectivity index (χ0) is 14.5. The molecule has 0 saturated heterocycles. The number of rotatable bonds is 6. The molecule has 1 saturated carbocycles. The Hall–Kier alpha value is -1.30. The Morgan fingerprint density at radius 2 is 1.84 bits per heavy atom. The predicted octanol–water partition coefficient (Wildman–Crippen LogP) is 1.14. The van der Waals surface area contributed by atoms with Crippen LogP contribution in [-0.4, -0.2) is 64.3 Å². The van der Waals surface area contributed by atoms with E-state index in [1.807, 2.05) is 6.92 Å². The molecule has 0 heterocycles. The van der Waals surface area contributed by atoms with E-state index >= 15 is 0 Å². The molecule has 19 heavy (non-hydrogen) atoms. The lowest BCUT2D eigenvalue weighted by molar-refractivity contribution is -0.137. The lowest BCUT2D eigenvalue weighted by atomic mass is 10.0. The highest BCUT2D eigenvalue weighted by atomic mass is 16.4. The van der Waals surface area contributed by atoms with E-state index in [1.165, 1.54) is 9.80 Å². The fraction of sp³-hybridized carbons (Fsp3) is 0.846. The van der Waals surface area contributed by atoms with Crippen LogP contribution in [0.15, 0.2) is 0 Å². The van der Waals surface area contributed by atoms with E-state index in [4.69, 9.17) is 5.11 Å². The molecule has 0 aromatic rings. The molecule has 0 aliphatic heterocycles. The highest BCUT2D eigenvalue weighted by Crippen LogP contribution is 2.30. The first-order valence-electron chi connectivity index (χ1n) is 6.82. The van der Waals surface area contributed by atoms with Crippen molar-refractivity contribution in [1.29, 1.82) is 0 Å². The summed E-state index contributed by atoms with van der Waals surface area (Å²) in [5, 5.41) is 19.1. The highest BCUT2D eigenvalue weighted by molar-refractivity contribution is 5.80. The average Bonchev–Trinajstić information content (AvgIpc) is 2.73. The van der Waals surface area contributed by atoms with Gasteiger partial charge in [0.05, 0.1) is 12.1 Å². The van der Waals surface area contributed by atoms with E-state index < -0.39 is 11.6 Å². The smallest absolute Gasteiger partial charge is 0.323 e. The first kappa shape index (κ1) is 15.8. The topological polar surface area (TPSA) is 81.1 Å². The second-order valence-corrected chi connectivity index (χ2v) is 5.39. The van der Waals surface area contributed by atoms with E-state index in [9.17, 15) is 14.7 Å². The van der Waals surface area contributed by atoms with Crippen molar-refractivity contribution in [3.63, 3.8) is 0 Å². The maximum absolute atomic E-state index is 12.2. The maximum Gasteiger partial charge on any atom is 0.323 e. The van der Waals surface area contributed by atoms with E-state index in [0.717, 1.165) is 12.8 Å². The number of carbonyl (C=O) groups excluding carboxylic acids is 1. The molecule has 1 fully saturated rings. The number of carbonyl (C=O) groups is 2. The van der Waals surface area contributed by atoms with Gasteiger partial charge < -0.3 is 20.0 Å². The number of carboxylic acid groups (broad SMARTS) is 1. The minimum atomic E-state index is -1.02. The summed E-state index contributed by atoms with van der Waals surface area (Å²) in [5.41, 5.74) is -0.800. The van der Waals surface area contributed by atoms with E-state index in [1.54, 1.807) is 7.05 Å². The fourth-order valence-corrected chi connectivity index (χ4v) is 2.62. The lowest BCUT2D eigenvalue weighted by Gasteiger charge is -2.32. The standard InChI is InChI=1S/C13H24N2O4/c1-3-8-15(9-11(16)17)12(18)14(2)10-13(19)6-4-5-7-13/h19H,3-10H2,1-2H3,(H,16,17). The van der Waals surface area contributed by atoms with Crippen molar-refractivity contribution in [3.05, 3.63) is 0 Å². The van der Waals surface area contributed by atoms with Crippen LogP contribution in [0.1, 0.15) is 39.0 Å². The monoisotopic (exact) mass is 272 g/mol. The Labute approximate surface area is 114 Å². The zero-order valence-electron chi connectivity index (χ0n) is 11.8. The van der Waals surface area contributed by atoms with Gasteiger partial charge in [-0.05, 0) is 19.3 Å². The molecule has 0 radical (unpaired) electrons. The van der Waals surface area contributed by atoms with Crippen molar-refractivity contribution < 1.29 is 19.8 Å². The second-order valence-electron chi connectivity index (χ2n) is 5.39. The van der Waals surface area contributed by atoms with Gasteiger partial charge in [-0.15, -0.1) is 0 Å². The number of urea groups is 1. The first-order chi connectivity index (χ1) is 8.88. The Balaban J connectivity index is 2.59. The third-order valence-electron chi connectivity index (χ3n) is 3.48. The number of likely N-dealkylation sites (N-methyl/N-ethyl adjacent to an activating group) is 1. The molecule has 1 aliphatic rings. The van der Waals surface area contributed by atoms with Crippen LogP contribution in [0.5, 0.6) is 0 Å². The van der Waals surface area contributed by atoms with Crippen LogP contribution in [0.4, 0.5) is 4.79 Å². The van der Waals surface area contributed by atoms with Crippen molar-refractivity contribution in [1.82, 2.24) is 9.80 Å². The van der Waals surface area contributed by atoms with Gasteiger partial charge in [0.1, 0.15) is 6.54 Å². The largest absolute Gasteiger partial charge is 0.480 e. The van der Waals surface area contributed by atoms with Gasteiger partial charge >= 0.3 is 12.0 Å². The quantitative estimate of drug-likeness (QED) is 0.759. The Bertz CT molecular complexity index is 327. The summed E-state index contributed by atoms with van der Waals surface area (Å²) >= 11 is 0. The van der Waals surface area contributed by atoms with E-state index in [0.29, 0.717) is 25.8 Å². The van der Waals surface area contributed by atoms with E-state index in [-0.39, 0.29) is 19.1 Å². The van der Waals surface area contributed by atoms with Gasteiger partial charge in [-0.3, -0.25) is 4.79 Å². The summed E-state index contributed by atoms with van der Waals surface area (Å²) in [7, 11) is 1.61. The molecule has 0 unspecified atom stereocenters. The number of hydrogen-bond acceptors (Lipinski definition) is 3. The summed E-state index contributed by atoms with van der Waals surface area (Å²) in [5.74, 6) is -1.02. The van der Waals surface area contributed by atoms with Crippen molar-refractivity contribution in [2.75, 3.05) is 26.7 Å². The van der Waals surface area contributed by atoms with Gasteiger partial charge in [-0.25, -0.2) is 4.79 Å². The molecule has 1 rings (SSSR count). The van der Waals surface area contributed by atoms with E-state index in [2.05, 4.69) is 0 Å². The number of nitrogens with zero attached hydrogens (tertiary/aromatic N) is 2. The molecule has 0 atom stereocenters. The van der Waals surface area contributed by atoms with Crippen LogP contribution in [0, 0.1) is 0 Å². The van der Waals surface area contributed by atoms with Crippen molar-refractivity contribution in [2.24, 2.45) is 0 Å². The minimum absolute atomic E-state index is 0.270. The molecular formula is C13H24N2O4. The normalized spacial score (nSPS) is 17.2. The summed E-state index contributed by atoms with van der Waals surface area (Å²) in [6.07, 6.45) is 4.07. The molecule has 6 nitrogen and oxygen atoms in total. The van der Waals surface area contributed by atoms with Crippen LogP contribution < -0.4 is 0 Å². The zero-order valence-corrected chi connectivity index (χ0v) is 11.8. The highest BCUT2D eigenvalue weighted by Gasteiger charge is 2.34. The number of hydrogen-bond donors (Lipinski definition) is 2. The van der Waals surface area contributed by atoms with Gasteiger partial charge in [-0.2, -0.15) is 0 Å². The Morgan fingerprint density at radius 3 is 2.32 bits per heavy atom. The molecule has 2 N–H and O–H groups in total. The predicted molar refractivity (Wildman–Crippen MR) is 70.9 cm³/mol. The third kappa shape index (κ3) is 4.70. The SMILES string of the molecule is CCCN(CC(=O)O)C(=O)N(C)CC1(O)CCCC1. The first-order valence-corrected chi connectivity index (χ1v) is 6.82. The number of carboxylic acids is 1. The van der Waals surface area contributed by atoms with Gasteiger partial charge in [0, 0.05) is 13.6 Å². The maximum atomic E-state index is 12.2. The molecule has 0 spiro atoms. The summed E-state index contributed by atoms with van der Waals surface area (Å²) in [6.45, 7) is 2.28. The number of amides is 2. The molecule has 1 aliphatic carbocycles. The molecule has 6 heteroatoms. The van der Waals surface area contributed by atoms with Gasteiger partial charge in [0.25, 0.3) is 0 Å². The summed E-state index contributed by atoms with van der Waals surface area (Å²) in [4.78, 5) is 25.7. The summed E-state index contributed by atoms with van der Waals surface area (Å²) < 4.78 is 0. The van der Waals surface area contributed by atoms with Crippen LogP contribution in [0.25, 0.3) is 0 Å². The molecule has 2 amide bonds. The van der Waals surface area contributed by atoms with Crippen LogP contribution in [-0.2, 0) is 4.79 Å².